The molecule has 2 amide bonds. The van der Waals surface area contributed by atoms with Crippen molar-refractivity contribution in [2.45, 2.75) is 57.5 Å². The van der Waals surface area contributed by atoms with Gasteiger partial charge >= 0.3 is 6.18 Å². The highest BCUT2D eigenvalue weighted by molar-refractivity contribution is 6.03. The van der Waals surface area contributed by atoms with Gasteiger partial charge in [-0.3, -0.25) is 9.59 Å². The summed E-state index contributed by atoms with van der Waals surface area (Å²) in [5.74, 6) is -1.81. The molecule has 0 spiro atoms. The molecule has 1 aromatic carbocycles. The number of piperidine rings is 2. The van der Waals surface area contributed by atoms with Crippen LogP contribution in [0.1, 0.15) is 51.4 Å². The Morgan fingerprint density at radius 3 is 2.33 bits per heavy atom. The van der Waals surface area contributed by atoms with Crippen LogP contribution in [0.2, 0.25) is 0 Å². The molecule has 2 aromatic rings. The molecule has 0 bridgehead atoms. The first-order valence-electron chi connectivity index (χ1n) is 14.7. The molecule has 2 saturated heterocycles. The molecule has 0 unspecified atom stereocenters. The van der Waals surface area contributed by atoms with Crippen molar-refractivity contribution in [1.82, 2.24) is 9.88 Å². The van der Waals surface area contributed by atoms with Crippen LogP contribution in [0, 0.1) is 11.7 Å². The van der Waals surface area contributed by atoms with Gasteiger partial charge in [-0.25, -0.2) is 9.37 Å². The highest BCUT2D eigenvalue weighted by atomic mass is 19.4. The van der Waals surface area contributed by atoms with Crippen molar-refractivity contribution in [3.8, 4) is 0 Å². The van der Waals surface area contributed by atoms with Crippen molar-refractivity contribution in [3.63, 3.8) is 0 Å². The summed E-state index contributed by atoms with van der Waals surface area (Å²) in [7, 11) is 0. The lowest BCUT2D eigenvalue weighted by Crippen LogP contribution is -2.38. The molecule has 3 aliphatic rings. The van der Waals surface area contributed by atoms with E-state index in [1.165, 1.54) is 18.3 Å². The maximum Gasteiger partial charge on any atom is 0.416 e. The summed E-state index contributed by atoms with van der Waals surface area (Å²) in [5, 5.41) is 5.18. The molecule has 12 heteroatoms. The Morgan fingerprint density at radius 1 is 0.907 bits per heavy atom. The Bertz CT molecular complexity index is 1360. The third-order valence-corrected chi connectivity index (χ3v) is 7.97. The van der Waals surface area contributed by atoms with Gasteiger partial charge in [0.05, 0.1) is 23.1 Å². The van der Waals surface area contributed by atoms with E-state index in [-0.39, 0.29) is 36.0 Å². The summed E-state index contributed by atoms with van der Waals surface area (Å²) in [6.07, 6.45) is 2.77. The van der Waals surface area contributed by atoms with Crippen LogP contribution in [0.25, 0.3) is 0 Å². The minimum absolute atomic E-state index is 0.149. The largest absolute Gasteiger partial charge is 0.435 e. The number of alkyl halides is 3. The van der Waals surface area contributed by atoms with Gasteiger partial charge in [-0.2, -0.15) is 13.2 Å². The summed E-state index contributed by atoms with van der Waals surface area (Å²) < 4.78 is 61.7. The van der Waals surface area contributed by atoms with Crippen LogP contribution in [0.4, 0.5) is 34.8 Å². The third-order valence-electron chi connectivity index (χ3n) is 7.97. The van der Waals surface area contributed by atoms with E-state index in [9.17, 15) is 27.2 Å². The number of carbonyl (C=O) groups excluding carboxylic acids is 2. The van der Waals surface area contributed by atoms with Gasteiger partial charge in [0.15, 0.2) is 5.88 Å². The van der Waals surface area contributed by atoms with E-state index >= 15 is 0 Å². The van der Waals surface area contributed by atoms with E-state index in [0.29, 0.717) is 57.1 Å². The SMILES string of the molecule is O=C(Nc1ccc(N2CCC(C(=O)Nc3ccccc3F)CC2)nc1)C1=C(C(F)(F)F)CCCC=C(N2CCCCC2)O1. The number of carbonyl (C=O) groups is 2. The lowest BCUT2D eigenvalue weighted by Gasteiger charge is -2.32. The lowest BCUT2D eigenvalue weighted by molar-refractivity contribution is -0.120. The number of rotatable bonds is 6. The number of anilines is 3. The number of hydrogen-bond acceptors (Lipinski definition) is 6. The summed E-state index contributed by atoms with van der Waals surface area (Å²) >= 11 is 0. The number of pyridine rings is 1. The Labute approximate surface area is 247 Å². The smallest absolute Gasteiger partial charge is 0.416 e. The molecule has 8 nitrogen and oxygen atoms in total. The van der Waals surface area contributed by atoms with Gasteiger partial charge in [0.25, 0.3) is 5.91 Å². The monoisotopic (exact) mass is 601 g/mol. The minimum Gasteiger partial charge on any atom is -0.435 e. The van der Waals surface area contributed by atoms with E-state index in [1.54, 1.807) is 30.3 Å². The van der Waals surface area contributed by atoms with Crippen LogP contribution in [-0.2, 0) is 14.3 Å². The first-order chi connectivity index (χ1) is 20.7. The van der Waals surface area contributed by atoms with Crippen molar-refractivity contribution in [1.29, 1.82) is 0 Å². The standard InChI is InChI=1S/C31H35F4N5O3/c32-24-9-3-4-10-25(24)38-29(41)21-14-18-39(19-15-21)26-13-12-22(20-36-26)37-30(42)28-23(31(33,34)35)8-2-5-11-27(43-28)40-16-6-1-7-17-40/h3-4,9-13,20-21H,1-2,5-8,14-19H2,(H,37,42)(H,38,41). The minimum atomic E-state index is -4.71. The molecule has 1 aromatic heterocycles. The van der Waals surface area contributed by atoms with Crippen molar-refractivity contribution in [3.05, 3.63) is 71.7 Å². The van der Waals surface area contributed by atoms with Gasteiger partial charge < -0.3 is 25.2 Å². The topological polar surface area (TPSA) is 86.8 Å². The summed E-state index contributed by atoms with van der Waals surface area (Å²) in [6, 6.07) is 9.26. The first kappa shape index (κ1) is 30.4. The fourth-order valence-corrected chi connectivity index (χ4v) is 5.59. The number of amides is 2. The van der Waals surface area contributed by atoms with Crippen LogP contribution in [0.15, 0.2) is 65.9 Å². The van der Waals surface area contributed by atoms with Crippen molar-refractivity contribution >= 4 is 29.0 Å². The number of likely N-dealkylation sites (tertiary alicyclic amines) is 1. The van der Waals surface area contributed by atoms with E-state index in [0.717, 1.165) is 19.3 Å². The summed E-state index contributed by atoms with van der Waals surface area (Å²) in [4.78, 5) is 34.1. The molecule has 2 fully saturated rings. The molecule has 0 saturated carbocycles. The van der Waals surface area contributed by atoms with Gasteiger partial charge in [-0.1, -0.05) is 12.1 Å². The van der Waals surface area contributed by atoms with Crippen LogP contribution < -0.4 is 15.5 Å². The van der Waals surface area contributed by atoms with Gasteiger partial charge in [0.2, 0.25) is 11.7 Å². The Morgan fingerprint density at radius 2 is 1.65 bits per heavy atom. The Hall–Kier alpha value is -4.09. The number of aromatic nitrogens is 1. The molecule has 4 heterocycles. The average molecular weight is 602 g/mol. The second kappa shape index (κ2) is 13.5. The summed E-state index contributed by atoms with van der Waals surface area (Å²) in [5.41, 5.74) is -0.592. The average Bonchev–Trinajstić information content (AvgIpc) is 2.98. The molecular weight excluding hydrogens is 566 g/mol. The highest BCUT2D eigenvalue weighted by Crippen LogP contribution is 2.36. The van der Waals surface area contributed by atoms with Crippen LogP contribution >= 0.6 is 0 Å². The quantitative estimate of drug-likeness (QED) is 0.375. The maximum absolute atomic E-state index is 14.0. The third kappa shape index (κ3) is 7.66. The number of nitrogens with zero attached hydrogens (tertiary/aromatic N) is 3. The number of para-hydroxylation sites is 1. The molecular formula is C31H35F4N5O3. The van der Waals surface area contributed by atoms with Gasteiger partial charge in [-0.15, -0.1) is 0 Å². The molecule has 0 aliphatic carbocycles. The van der Waals surface area contributed by atoms with Gasteiger partial charge in [-0.05, 0) is 81.7 Å². The number of hydrogen-bond donors (Lipinski definition) is 2. The molecule has 3 aliphatic heterocycles. The zero-order valence-corrected chi connectivity index (χ0v) is 23.8. The van der Waals surface area contributed by atoms with Crippen molar-refractivity contribution in [2.24, 2.45) is 5.92 Å². The number of benzene rings is 1. The van der Waals surface area contributed by atoms with Crippen molar-refractivity contribution < 1.29 is 31.9 Å². The van der Waals surface area contributed by atoms with E-state index in [4.69, 9.17) is 4.74 Å². The fraction of sp³-hybridized carbons (Fsp3) is 0.452. The van der Waals surface area contributed by atoms with Gasteiger partial charge in [0.1, 0.15) is 11.6 Å². The normalized spacial score (nSPS) is 18.7. The lowest BCUT2D eigenvalue weighted by atomic mass is 9.95. The first-order valence-corrected chi connectivity index (χ1v) is 14.7. The molecule has 2 N–H and O–H groups in total. The van der Waals surface area contributed by atoms with E-state index in [1.807, 2.05) is 9.80 Å². The van der Waals surface area contributed by atoms with Gasteiger partial charge in [0, 0.05) is 32.1 Å². The van der Waals surface area contributed by atoms with E-state index in [2.05, 4.69) is 15.6 Å². The predicted octanol–water partition coefficient (Wildman–Crippen LogP) is 6.36. The second-order valence-electron chi connectivity index (χ2n) is 11.0. The Balaban J connectivity index is 1.22. The Kier molecular flexibility index (Phi) is 9.52. The van der Waals surface area contributed by atoms with Crippen LogP contribution in [0.5, 0.6) is 0 Å². The maximum atomic E-state index is 14.0. The second-order valence-corrected chi connectivity index (χ2v) is 11.0. The van der Waals surface area contributed by atoms with E-state index < -0.39 is 29.2 Å². The zero-order valence-electron chi connectivity index (χ0n) is 23.8. The number of ether oxygens (including phenoxy) is 1. The predicted molar refractivity (Wildman–Crippen MR) is 154 cm³/mol. The number of halogens is 4. The molecule has 0 radical (unpaired) electrons. The van der Waals surface area contributed by atoms with Crippen LogP contribution in [0.3, 0.4) is 0 Å². The zero-order chi connectivity index (χ0) is 30.4. The number of allylic oxidation sites excluding steroid dienone is 2. The summed E-state index contributed by atoms with van der Waals surface area (Å²) in [6.45, 7) is 2.41. The van der Waals surface area contributed by atoms with Crippen LogP contribution in [-0.4, -0.2) is 54.1 Å². The number of nitrogens with one attached hydrogen (secondary N) is 2. The molecule has 0 atom stereocenters. The fourth-order valence-electron chi connectivity index (χ4n) is 5.59. The molecule has 43 heavy (non-hydrogen) atoms. The highest BCUT2D eigenvalue weighted by Gasteiger charge is 2.40. The van der Waals surface area contributed by atoms with Crippen molar-refractivity contribution in [2.75, 3.05) is 41.7 Å². The molecule has 230 valence electrons. The molecule has 5 rings (SSSR count).